The number of benzene rings is 4. The standard InChI is InChI=1S/C29H29BrClP/c30-32(26-17-6-1-7-18-26,27-19-8-2-9-20-27,28-21-10-3-11-22-28)24-14-4-5-15-25-16-12-13-23-29(25)31/h1-3,6-13,16-23H,4-5,14-15,24H2. The Morgan fingerprint density at radius 3 is 1.44 bits per heavy atom. The molecule has 0 bridgehead atoms. The fraction of sp³-hybridized carbons (Fsp3) is 0.172. The summed E-state index contributed by atoms with van der Waals surface area (Å²) in [5, 5.41) is 2.26. The molecule has 0 fully saturated rings. The van der Waals surface area contributed by atoms with E-state index in [9.17, 15) is 0 Å². The third-order valence-electron chi connectivity index (χ3n) is 6.37. The van der Waals surface area contributed by atoms with E-state index in [0.29, 0.717) is 0 Å². The van der Waals surface area contributed by atoms with Crippen molar-refractivity contribution in [1.82, 2.24) is 0 Å². The number of aryl methyl sites for hydroxylation is 1. The molecule has 0 aliphatic heterocycles. The fourth-order valence-corrected chi connectivity index (χ4v) is 12.6. The molecule has 32 heavy (non-hydrogen) atoms. The van der Waals surface area contributed by atoms with E-state index >= 15 is 0 Å². The van der Waals surface area contributed by atoms with Crippen molar-refractivity contribution in [3.05, 3.63) is 126 Å². The fourth-order valence-electron chi connectivity index (χ4n) is 4.65. The molecule has 0 saturated carbocycles. The molecule has 3 heteroatoms. The minimum absolute atomic E-state index is 0.880. The maximum atomic E-state index is 6.37. The van der Waals surface area contributed by atoms with Crippen LogP contribution in [-0.2, 0) is 6.42 Å². The van der Waals surface area contributed by atoms with Crippen LogP contribution in [0.5, 0.6) is 0 Å². The summed E-state index contributed by atoms with van der Waals surface area (Å²) in [7, 11) is 0. The third-order valence-corrected chi connectivity index (χ3v) is 16.8. The molecule has 0 aliphatic rings. The maximum absolute atomic E-state index is 6.37. The van der Waals surface area contributed by atoms with Gasteiger partial charge in [-0.25, -0.2) is 0 Å². The van der Waals surface area contributed by atoms with Crippen LogP contribution in [0.15, 0.2) is 115 Å². The second kappa shape index (κ2) is 10.3. The van der Waals surface area contributed by atoms with E-state index in [-0.39, 0.29) is 0 Å². The van der Waals surface area contributed by atoms with Crippen LogP contribution in [0.2, 0.25) is 5.02 Å². The van der Waals surface area contributed by atoms with Gasteiger partial charge in [-0.2, -0.15) is 0 Å². The molecule has 4 aromatic carbocycles. The van der Waals surface area contributed by atoms with Crippen LogP contribution in [0, 0.1) is 0 Å². The van der Waals surface area contributed by atoms with E-state index in [0.717, 1.165) is 30.4 Å². The Balaban J connectivity index is 1.67. The molecule has 0 aliphatic carbocycles. The van der Waals surface area contributed by atoms with E-state index < -0.39 is 5.31 Å². The van der Waals surface area contributed by atoms with Crippen LogP contribution < -0.4 is 15.9 Å². The van der Waals surface area contributed by atoms with Gasteiger partial charge in [0.2, 0.25) is 0 Å². The molecule has 0 nitrogen and oxygen atoms in total. The van der Waals surface area contributed by atoms with E-state index in [2.05, 4.69) is 119 Å². The molecule has 0 unspecified atom stereocenters. The molecular formula is C29H29BrClP. The molecule has 0 aromatic heterocycles. The van der Waals surface area contributed by atoms with E-state index in [1.807, 2.05) is 12.1 Å². The Labute approximate surface area is 205 Å². The van der Waals surface area contributed by atoms with Crippen LogP contribution in [0.4, 0.5) is 0 Å². The van der Waals surface area contributed by atoms with E-state index in [1.165, 1.54) is 27.9 Å². The molecule has 4 aromatic rings. The number of hydrogen-bond acceptors (Lipinski definition) is 0. The average molecular weight is 524 g/mol. The number of hydrogen-bond donors (Lipinski definition) is 0. The molecule has 4 rings (SSSR count). The van der Waals surface area contributed by atoms with Crippen LogP contribution in [0.25, 0.3) is 0 Å². The third kappa shape index (κ3) is 4.58. The van der Waals surface area contributed by atoms with Gasteiger partial charge in [0.05, 0.1) is 0 Å². The zero-order valence-corrected chi connectivity index (χ0v) is 21.4. The van der Waals surface area contributed by atoms with Gasteiger partial charge in [0.15, 0.2) is 0 Å². The van der Waals surface area contributed by atoms with Crippen molar-refractivity contribution in [2.45, 2.75) is 25.7 Å². The summed E-state index contributed by atoms with van der Waals surface area (Å²) < 4.78 is 0. The van der Waals surface area contributed by atoms with Crippen molar-refractivity contribution < 1.29 is 0 Å². The first kappa shape index (κ1) is 23.2. The van der Waals surface area contributed by atoms with Crippen molar-refractivity contribution in [1.29, 1.82) is 0 Å². The van der Waals surface area contributed by atoms with Gasteiger partial charge >= 0.3 is 206 Å². The molecule has 0 spiro atoms. The molecule has 0 amide bonds. The van der Waals surface area contributed by atoms with E-state index in [1.54, 1.807) is 0 Å². The monoisotopic (exact) mass is 522 g/mol. The van der Waals surface area contributed by atoms with Gasteiger partial charge in [-0.3, -0.25) is 0 Å². The van der Waals surface area contributed by atoms with Crippen molar-refractivity contribution in [2.75, 3.05) is 6.16 Å². The number of unbranched alkanes of at least 4 members (excludes halogenated alkanes) is 2. The van der Waals surface area contributed by atoms with Crippen LogP contribution in [0.3, 0.4) is 0 Å². The van der Waals surface area contributed by atoms with Crippen LogP contribution >= 0.6 is 32.4 Å². The van der Waals surface area contributed by atoms with Gasteiger partial charge in [0, 0.05) is 0 Å². The Hall–Kier alpha value is -1.92. The summed E-state index contributed by atoms with van der Waals surface area (Å²) in [6, 6.07) is 41.4. The van der Waals surface area contributed by atoms with Crippen molar-refractivity contribution in [2.24, 2.45) is 0 Å². The van der Waals surface area contributed by atoms with Gasteiger partial charge in [0.1, 0.15) is 0 Å². The van der Waals surface area contributed by atoms with Crippen molar-refractivity contribution in [3.8, 4) is 0 Å². The first-order valence-corrected chi connectivity index (χ1v) is 16.1. The summed E-state index contributed by atoms with van der Waals surface area (Å²) in [4.78, 5) is 0. The van der Waals surface area contributed by atoms with Gasteiger partial charge < -0.3 is 0 Å². The molecule has 0 N–H and O–H groups in total. The molecule has 164 valence electrons. The minimum atomic E-state index is -2.79. The molecule has 0 heterocycles. The predicted molar refractivity (Wildman–Crippen MR) is 148 cm³/mol. The molecular weight excluding hydrogens is 495 g/mol. The SMILES string of the molecule is Clc1ccccc1CCCCCP(Br)(c1ccccc1)(c1ccccc1)c1ccccc1. The number of halogens is 2. The second-order valence-corrected chi connectivity index (χ2v) is 17.8. The average Bonchev–Trinajstić information content (AvgIpc) is 2.86. The first-order chi connectivity index (χ1) is 15.6. The van der Waals surface area contributed by atoms with Crippen LogP contribution in [-0.4, -0.2) is 6.16 Å². The van der Waals surface area contributed by atoms with Gasteiger partial charge in [-0.15, -0.1) is 0 Å². The zero-order valence-electron chi connectivity index (χ0n) is 18.2. The van der Waals surface area contributed by atoms with Gasteiger partial charge in [-0.05, 0) is 0 Å². The molecule has 0 atom stereocenters. The number of rotatable bonds is 9. The van der Waals surface area contributed by atoms with Crippen molar-refractivity contribution >= 4 is 48.3 Å². The molecule has 0 radical (unpaired) electrons. The van der Waals surface area contributed by atoms with Crippen LogP contribution in [0.1, 0.15) is 24.8 Å². The Morgan fingerprint density at radius 2 is 0.969 bits per heavy atom. The second-order valence-electron chi connectivity index (χ2n) is 8.32. The topological polar surface area (TPSA) is 0 Å². The zero-order chi connectivity index (χ0) is 22.3. The van der Waals surface area contributed by atoms with Gasteiger partial charge in [0.25, 0.3) is 0 Å². The van der Waals surface area contributed by atoms with Crippen molar-refractivity contribution in [3.63, 3.8) is 0 Å². The summed E-state index contributed by atoms with van der Waals surface area (Å²) in [5.74, 6) is 0. The summed E-state index contributed by atoms with van der Waals surface area (Å²) in [5.41, 5.74) is 1.25. The Morgan fingerprint density at radius 1 is 0.531 bits per heavy atom. The predicted octanol–water partition coefficient (Wildman–Crippen LogP) is 7.89. The van der Waals surface area contributed by atoms with E-state index in [4.69, 9.17) is 11.6 Å². The summed E-state index contributed by atoms with van der Waals surface area (Å²) in [6.45, 7) is 0. The Bertz CT molecular complexity index is 1030. The molecule has 0 saturated heterocycles. The van der Waals surface area contributed by atoms with Gasteiger partial charge in [-0.1, -0.05) is 0 Å². The first-order valence-electron chi connectivity index (χ1n) is 11.3. The quantitative estimate of drug-likeness (QED) is 0.155. The normalized spacial score (nSPS) is 12.8. The summed E-state index contributed by atoms with van der Waals surface area (Å²) >= 11 is 10.9. The Kier molecular flexibility index (Phi) is 7.51. The summed E-state index contributed by atoms with van der Waals surface area (Å²) in [6.07, 6.45) is 5.57.